The molecular formula is C16H13Cl2I2NO3. The van der Waals surface area contributed by atoms with E-state index in [4.69, 9.17) is 27.9 Å². The zero-order valence-electron chi connectivity index (χ0n) is 12.8. The predicted octanol–water partition coefficient (Wildman–Crippen LogP) is 5.17. The molecule has 0 amide bonds. The van der Waals surface area contributed by atoms with E-state index >= 15 is 0 Å². The Bertz CT molecular complexity index is 865. The first kappa shape index (κ1) is 20.0. The van der Waals surface area contributed by atoms with Crippen LogP contribution in [0.15, 0.2) is 23.0 Å². The van der Waals surface area contributed by atoms with Gasteiger partial charge in [-0.15, -0.1) is 0 Å². The van der Waals surface area contributed by atoms with Crippen molar-refractivity contribution in [1.82, 2.24) is 4.57 Å². The van der Waals surface area contributed by atoms with Crippen molar-refractivity contribution < 1.29 is 9.53 Å². The van der Waals surface area contributed by atoms with E-state index in [0.717, 1.165) is 5.69 Å². The van der Waals surface area contributed by atoms with Crippen LogP contribution in [0, 0.1) is 3.57 Å². The molecule has 0 spiro atoms. The van der Waals surface area contributed by atoms with Crippen LogP contribution in [0.3, 0.4) is 0 Å². The van der Waals surface area contributed by atoms with E-state index in [1.54, 1.807) is 18.2 Å². The molecule has 1 aromatic carbocycles. The molecule has 0 N–H and O–H groups in total. The molecule has 128 valence electrons. The van der Waals surface area contributed by atoms with E-state index < -0.39 is 5.97 Å². The van der Waals surface area contributed by atoms with Crippen LogP contribution in [-0.4, -0.2) is 17.6 Å². The monoisotopic (exact) mass is 591 g/mol. The van der Waals surface area contributed by atoms with Gasteiger partial charge in [0.05, 0.1) is 26.4 Å². The summed E-state index contributed by atoms with van der Waals surface area (Å²) in [5.41, 5.74) is 1.68. The van der Waals surface area contributed by atoms with Gasteiger partial charge in [0.15, 0.2) is 0 Å². The lowest BCUT2D eigenvalue weighted by atomic mass is 10.0. The Morgan fingerprint density at radius 1 is 1.29 bits per heavy atom. The fourth-order valence-electron chi connectivity index (χ4n) is 2.45. The Balaban J connectivity index is 2.99. The second-order valence-electron chi connectivity index (χ2n) is 4.81. The van der Waals surface area contributed by atoms with Crippen LogP contribution in [0.5, 0.6) is 0 Å². The summed E-state index contributed by atoms with van der Waals surface area (Å²) in [7, 11) is 1.26. The third-order valence-electron chi connectivity index (χ3n) is 3.54. The van der Waals surface area contributed by atoms with Crippen LogP contribution in [0.4, 0.5) is 0 Å². The quantitative estimate of drug-likeness (QED) is 0.280. The molecule has 0 fully saturated rings. The van der Waals surface area contributed by atoms with Gasteiger partial charge in [0, 0.05) is 22.2 Å². The maximum absolute atomic E-state index is 12.8. The number of carbonyl (C=O) groups is 1. The van der Waals surface area contributed by atoms with Crippen LogP contribution in [0.25, 0.3) is 11.3 Å². The van der Waals surface area contributed by atoms with E-state index in [9.17, 15) is 9.59 Å². The summed E-state index contributed by atoms with van der Waals surface area (Å²) in [6.45, 7) is 2.55. The zero-order valence-corrected chi connectivity index (χ0v) is 18.7. The maximum Gasteiger partial charge on any atom is 0.344 e. The molecule has 0 unspecified atom stereocenters. The Kier molecular flexibility index (Phi) is 6.98. The van der Waals surface area contributed by atoms with Gasteiger partial charge in [0.1, 0.15) is 5.56 Å². The highest BCUT2D eigenvalue weighted by Gasteiger charge is 2.26. The summed E-state index contributed by atoms with van der Waals surface area (Å²) in [6.07, 6.45) is 0. The highest BCUT2D eigenvalue weighted by molar-refractivity contribution is 14.1. The van der Waals surface area contributed by atoms with Gasteiger partial charge in [0.25, 0.3) is 0 Å². The van der Waals surface area contributed by atoms with Crippen LogP contribution >= 0.6 is 68.4 Å². The van der Waals surface area contributed by atoms with E-state index in [2.05, 4.69) is 22.6 Å². The molecular weight excluding hydrogens is 579 g/mol. The molecule has 1 aromatic heterocycles. The van der Waals surface area contributed by atoms with Gasteiger partial charge >= 0.3 is 5.97 Å². The minimum Gasteiger partial charge on any atom is -0.465 e. The van der Waals surface area contributed by atoms with Gasteiger partial charge in [-0.25, -0.2) is 4.79 Å². The van der Waals surface area contributed by atoms with Crippen LogP contribution in [0.1, 0.15) is 23.0 Å². The largest absolute Gasteiger partial charge is 0.465 e. The van der Waals surface area contributed by atoms with Crippen molar-refractivity contribution in [1.29, 1.82) is 0 Å². The van der Waals surface area contributed by atoms with Gasteiger partial charge in [-0.05, 0) is 41.6 Å². The summed E-state index contributed by atoms with van der Waals surface area (Å²) < 4.78 is 7.95. The number of hydrogen-bond donors (Lipinski definition) is 0. The second kappa shape index (κ2) is 8.37. The molecule has 0 saturated heterocycles. The average Bonchev–Trinajstić information content (AvgIpc) is 2.58. The maximum atomic E-state index is 12.8. The molecule has 2 rings (SSSR count). The number of methoxy groups -OCH3 is 1. The van der Waals surface area contributed by atoms with Gasteiger partial charge in [-0.3, -0.25) is 4.79 Å². The fraction of sp³-hybridized carbons (Fsp3) is 0.250. The minimum absolute atomic E-state index is 0.00994. The average molecular weight is 592 g/mol. The topological polar surface area (TPSA) is 48.3 Å². The fourth-order valence-corrected chi connectivity index (χ4v) is 5.02. The van der Waals surface area contributed by atoms with Crippen molar-refractivity contribution in [3.05, 3.63) is 53.3 Å². The lowest BCUT2D eigenvalue weighted by Crippen LogP contribution is -2.27. The SMILES string of the molecule is CCn1c(CI)c(I)c(=O)c(C(=O)OC)c1-c1ccc(Cl)c(Cl)c1. The normalized spacial score (nSPS) is 10.8. The molecule has 8 heteroatoms. The van der Waals surface area contributed by atoms with Gasteiger partial charge in [0.2, 0.25) is 5.43 Å². The summed E-state index contributed by atoms with van der Waals surface area (Å²) in [5.74, 6) is -0.666. The van der Waals surface area contributed by atoms with Crippen LogP contribution < -0.4 is 5.43 Å². The number of esters is 1. The molecule has 0 aliphatic carbocycles. The molecule has 0 aliphatic rings. The predicted molar refractivity (Wildman–Crippen MR) is 114 cm³/mol. The Hall–Kier alpha value is -0.320. The van der Waals surface area contributed by atoms with Crippen molar-refractivity contribution in [3.8, 4) is 11.3 Å². The molecule has 0 saturated carbocycles. The van der Waals surface area contributed by atoms with Crippen molar-refractivity contribution in [2.45, 2.75) is 17.9 Å². The number of ether oxygens (including phenoxy) is 1. The van der Waals surface area contributed by atoms with Gasteiger partial charge < -0.3 is 9.30 Å². The molecule has 0 aliphatic heterocycles. The van der Waals surface area contributed by atoms with E-state index in [0.29, 0.717) is 35.8 Å². The van der Waals surface area contributed by atoms with Crippen molar-refractivity contribution >= 4 is 74.4 Å². The number of rotatable bonds is 4. The van der Waals surface area contributed by atoms with Crippen LogP contribution in [0.2, 0.25) is 10.0 Å². The second-order valence-corrected chi connectivity index (χ2v) is 7.47. The lowest BCUT2D eigenvalue weighted by Gasteiger charge is -2.21. The molecule has 0 atom stereocenters. The minimum atomic E-state index is -0.666. The highest BCUT2D eigenvalue weighted by atomic mass is 127. The number of carbonyl (C=O) groups excluding carboxylic acids is 1. The summed E-state index contributed by atoms with van der Waals surface area (Å²) in [5, 5.41) is 0.764. The van der Waals surface area contributed by atoms with E-state index in [1.807, 2.05) is 34.1 Å². The van der Waals surface area contributed by atoms with Crippen molar-refractivity contribution in [3.63, 3.8) is 0 Å². The van der Waals surface area contributed by atoms with Gasteiger partial charge in [-0.2, -0.15) is 0 Å². The lowest BCUT2D eigenvalue weighted by molar-refractivity contribution is 0.0599. The summed E-state index contributed by atoms with van der Waals surface area (Å²) in [6, 6.07) is 5.04. The van der Waals surface area contributed by atoms with Crippen molar-refractivity contribution in [2.75, 3.05) is 7.11 Å². The number of aromatic nitrogens is 1. The molecule has 24 heavy (non-hydrogen) atoms. The smallest absolute Gasteiger partial charge is 0.344 e. The third kappa shape index (κ3) is 3.61. The molecule has 0 radical (unpaired) electrons. The third-order valence-corrected chi connectivity index (χ3v) is 6.11. The standard InChI is InChI=1S/C16H13Cl2I2NO3/c1-3-21-11(7-19)13(20)15(22)12(16(23)24-2)14(21)8-4-5-9(17)10(18)6-8/h4-6H,3,7H2,1-2H3. The Morgan fingerprint density at radius 3 is 2.46 bits per heavy atom. The highest BCUT2D eigenvalue weighted by Crippen LogP contribution is 2.32. The number of pyridine rings is 1. The van der Waals surface area contributed by atoms with E-state index in [1.165, 1.54) is 7.11 Å². The number of halogens is 4. The summed E-state index contributed by atoms with van der Waals surface area (Å²) >= 11 is 16.3. The van der Waals surface area contributed by atoms with Gasteiger partial charge in [-0.1, -0.05) is 51.9 Å². The zero-order chi connectivity index (χ0) is 18.0. The number of hydrogen-bond acceptors (Lipinski definition) is 3. The molecule has 1 heterocycles. The first-order valence-corrected chi connectivity index (χ1v) is 10.3. The Labute approximate surface area is 176 Å². The molecule has 4 nitrogen and oxygen atoms in total. The number of alkyl halides is 1. The van der Waals surface area contributed by atoms with E-state index in [-0.39, 0.29) is 11.0 Å². The summed E-state index contributed by atoms with van der Waals surface area (Å²) in [4.78, 5) is 25.1. The molecule has 0 bridgehead atoms. The first-order chi connectivity index (χ1) is 11.4. The molecule has 2 aromatic rings. The number of nitrogens with zero attached hydrogens (tertiary/aromatic N) is 1. The number of benzene rings is 1. The van der Waals surface area contributed by atoms with Crippen molar-refractivity contribution in [2.24, 2.45) is 0 Å². The van der Waals surface area contributed by atoms with Crippen LogP contribution in [-0.2, 0) is 15.7 Å². The Morgan fingerprint density at radius 2 is 1.96 bits per heavy atom. The first-order valence-electron chi connectivity index (χ1n) is 6.92.